The number of fused-ring (bicyclic) bond motifs is 3. The third kappa shape index (κ3) is 3.35. The monoisotopic (exact) mass is 428 g/mol. The largest absolute Gasteiger partial charge is 0.278 e. The number of benzene rings is 3. The van der Waals surface area contributed by atoms with Crippen LogP contribution in [0.1, 0.15) is 24.7 Å². The first kappa shape index (κ1) is 19.6. The fourth-order valence-corrected chi connectivity index (χ4v) is 4.69. The van der Waals surface area contributed by atoms with Crippen molar-refractivity contribution in [2.24, 2.45) is 5.92 Å². The third-order valence-corrected chi connectivity index (χ3v) is 6.37. The zero-order valence-electron chi connectivity index (χ0n) is 18.7. The molecule has 1 aliphatic carbocycles. The van der Waals surface area contributed by atoms with Crippen molar-refractivity contribution in [1.82, 2.24) is 19.5 Å². The Labute approximate surface area is 193 Å². The maximum Gasteiger partial charge on any atom is 0.238 e. The van der Waals surface area contributed by atoms with Gasteiger partial charge in [-0.3, -0.25) is 4.57 Å². The summed E-state index contributed by atoms with van der Waals surface area (Å²) in [6.07, 6.45) is 7.43. The molecule has 33 heavy (non-hydrogen) atoms. The minimum atomic E-state index is 0.355. The van der Waals surface area contributed by atoms with Crippen molar-refractivity contribution in [2.45, 2.75) is 20.3 Å². The van der Waals surface area contributed by atoms with Crippen LogP contribution in [0.4, 0.5) is 0 Å². The van der Waals surface area contributed by atoms with E-state index in [2.05, 4.69) is 109 Å². The van der Waals surface area contributed by atoms with Crippen LogP contribution in [0.3, 0.4) is 0 Å². The number of allylic oxidation sites excluding steroid dienone is 4. The van der Waals surface area contributed by atoms with E-state index in [9.17, 15) is 0 Å². The van der Waals surface area contributed by atoms with E-state index in [0.717, 1.165) is 34.4 Å². The fourth-order valence-electron chi connectivity index (χ4n) is 4.69. The molecule has 6 rings (SSSR count). The first-order valence-electron chi connectivity index (χ1n) is 11.4. The van der Waals surface area contributed by atoms with Crippen LogP contribution in [0, 0.1) is 12.8 Å². The van der Waals surface area contributed by atoms with E-state index >= 15 is 0 Å². The van der Waals surface area contributed by atoms with E-state index in [1.54, 1.807) is 0 Å². The van der Waals surface area contributed by atoms with Crippen molar-refractivity contribution < 1.29 is 0 Å². The molecule has 1 aliphatic rings. The normalized spacial score (nSPS) is 15.8. The van der Waals surface area contributed by atoms with Crippen LogP contribution < -0.4 is 0 Å². The number of hydrogen-bond acceptors (Lipinski definition) is 3. The smallest absolute Gasteiger partial charge is 0.238 e. The van der Waals surface area contributed by atoms with Crippen LogP contribution in [-0.2, 0) is 0 Å². The second kappa shape index (κ2) is 7.82. The summed E-state index contributed by atoms with van der Waals surface area (Å²) in [5.74, 6) is 2.45. The number of para-hydroxylation sites is 2. The Morgan fingerprint density at radius 2 is 1.48 bits per heavy atom. The molecule has 160 valence electrons. The highest BCUT2D eigenvalue weighted by Gasteiger charge is 2.20. The summed E-state index contributed by atoms with van der Waals surface area (Å²) in [4.78, 5) is 15.0. The van der Waals surface area contributed by atoms with Gasteiger partial charge in [0.25, 0.3) is 0 Å². The molecule has 1 unspecified atom stereocenters. The Morgan fingerprint density at radius 1 is 0.788 bits per heavy atom. The van der Waals surface area contributed by atoms with Crippen molar-refractivity contribution in [3.63, 3.8) is 0 Å². The average Bonchev–Trinajstić information content (AvgIpc) is 3.19. The molecule has 0 radical (unpaired) electrons. The van der Waals surface area contributed by atoms with Gasteiger partial charge in [0.15, 0.2) is 11.6 Å². The Morgan fingerprint density at radius 3 is 2.18 bits per heavy atom. The Balaban J connectivity index is 1.67. The predicted octanol–water partition coefficient (Wildman–Crippen LogP) is 6.92. The number of hydrogen-bond donors (Lipinski definition) is 0. The van der Waals surface area contributed by atoms with Gasteiger partial charge in [0.05, 0.1) is 11.0 Å². The number of aryl methyl sites for hydroxylation is 1. The molecule has 4 heteroatoms. The highest BCUT2D eigenvalue weighted by molar-refractivity contribution is 6.08. The zero-order valence-corrected chi connectivity index (χ0v) is 18.7. The minimum Gasteiger partial charge on any atom is -0.278 e. The molecule has 0 spiro atoms. The standard InChI is InChI=1S/C29H24N4/c1-19-10-9-12-21(18-19)27-30-28(22-13-4-3-11-20(22)2)32-29(31-27)33-25-16-7-5-14-23(25)24-15-6-8-17-26(24)33/h3-10,12-18,20H,11H2,1-2H3. The van der Waals surface area contributed by atoms with Crippen molar-refractivity contribution >= 4 is 27.4 Å². The van der Waals surface area contributed by atoms with Crippen LogP contribution >= 0.6 is 0 Å². The molecule has 3 aromatic carbocycles. The molecule has 2 aromatic heterocycles. The van der Waals surface area contributed by atoms with E-state index in [-0.39, 0.29) is 0 Å². The summed E-state index contributed by atoms with van der Waals surface area (Å²) in [5, 5.41) is 2.39. The lowest BCUT2D eigenvalue weighted by Crippen LogP contribution is -2.11. The highest BCUT2D eigenvalue weighted by Crippen LogP contribution is 2.33. The van der Waals surface area contributed by atoms with E-state index in [1.807, 2.05) is 0 Å². The van der Waals surface area contributed by atoms with E-state index < -0.39 is 0 Å². The van der Waals surface area contributed by atoms with Gasteiger partial charge in [-0.1, -0.05) is 85.3 Å². The zero-order chi connectivity index (χ0) is 22.4. The molecule has 0 fully saturated rings. The highest BCUT2D eigenvalue weighted by atomic mass is 15.2. The molecule has 5 aromatic rings. The van der Waals surface area contributed by atoms with Gasteiger partial charge in [0.2, 0.25) is 5.95 Å². The average molecular weight is 429 g/mol. The van der Waals surface area contributed by atoms with E-state index in [1.165, 1.54) is 16.3 Å². The lowest BCUT2D eigenvalue weighted by molar-refractivity contribution is 0.744. The van der Waals surface area contributed by atoms with Crippen LogP contribution in [0.15, 0.2) is 91.0 Å². The third-order valence-electron chi connectivity index (χ3n) is 6.37. The number of rotatable bonds is 3. The second-order valence-electron chi connectivity index (χ2n) is 8.71. The lowest BCUT2D eigenvalue weighted by atomic mass is 9.93. The van der Waals surface area contributed by atoms with Crippen molar-refractivity contribution in [1.29, 1.82) is 0 Å². The maximum absolute atomic E-state index is 5.04. The molecule has 1 atom stereocenters. The van der Waals surface area contributed by atoms with Crippen LogP contribution in [0.2, 0.25) is 0 Å². The van der Waals surface area contributed by atoms with Gasteiger partial charge >= 0.3 is 0 Å². The van der Waals surface area contributed by atoms with Crippen molar-refractivity contribution in [3.8, 4) is 17.3 Å². The fraction of sp³-hybridized carbons (Fsp3) is 0.138. The minimum absolute atomic E-state index is 0.355. The van der Waals surface area contributed by atoms with Gasteiger partial charge in [-0.2, -0.15) is 9.97 Å². The Hall–Kier alpha value is -4.05. The van der Waals surface area contributed by atoms with E-state index in [4.69, 9.17) is 15.0 Å². The first-order valence-corrected chi connectivity index (χ1v) is 11.4. The SMILES string of the molecule is Cc1cccc(-c2nc(C3=CC=CCC3C)nc(-n3c4ccccc4c4ccccc43)n2)c1. The molecule has 2 heterocycles. The van der Waals surface area contributed by atoms with Gasteiger partial charge in [-0.25, -0.2) is 4.98 Å². The van der Waals surface area contributed by atoms with Crippen molar-refractivity contribution in [3.05, 3.63) is 102 Å². The molecule has 0 bridgehead atoms. The van der Waals surface area contributed by atoms with Crippen LogP contribution in [0.25, 0.3) is 44.7 Å². The van der Waals surface area contributed by atoms with Crippen molar-refractivity contribution in [2.75, 3.05) is 0 Å². The molecule has 0 N–H and O–H groups in total. The quantitative estimate of drug-likeness (QED) is 0.313. The first-order chi connectivity index (χ1) is 16.2. The summed E-state index contributed by atoms with van der Waals surface area (Å²) >= 11 is 0. The van der Waals surface area contributed by atoms with Crippen LogP contribution in [-0.4, -0.2) is 19.5 Å². The van der Waals surface area contributed by atoms with Gasteiger partial charge in [0.1, 0.15) is 0 Å². The van der Waals surface area contributed by atoms with Gasteiger partial charge < -0.3 is 0 Å². The summed E-state index contributed by atoms with van der Waals surface area (Å²) < 4.78 is 2.17. The summed E-state index contributed by atoms with van der Waals surface area (Å²) in [7, 11) is 0. The predicted molar refractivity (Wildman–Crippen MR) is 135 cm³/mol. The van der Waals surface area contributed by atoms with Gasteiger partial charge in [0, 0.05) is 21.9 Å². The topological polar surface area (TPSA) is 43.6 Å². The van der Waals surface area contributed by atoms with Gasteiger partial charge in [-0.15, -0.1) is 0 Å². The second-order valence-corrected chi connectivity index (χ2v) is 8.71. The molecule has 0 saturated heterocycles. The number of nitrogens with zero attached hydrogens (tertiary/aromatic N) is 4. The maximum atomic E-state index is 5.04. The summed E-state index contributed by atoms with van der Waals surface area (Å²) in [6.45, 7) is 4.32. The van der Waals surface area contributed by atoms with Gasteiger partial charge in [-0.05, 0) is 37.5 Å². The lowest BCUT2D eigenvalue weighted by Gasteiger charge is -2.17. The Kier molecular flexibility index (Phi) is 4.65. The molecule has 0 amide bonds. The van der Waals surface area contributed by atoms with Crippen LogP contribution in [0.5, 0.6) is 0 Å². The Bertz CT molecular complexity index is 1520. The molecular formula is C29H24N4. The summed E-state index contributed by atoms with van der Waals surface area (Å²) in [5.41, 5.74) is 5.52. The molecule has 4 nitrogen and oxygen atoms in total. The number of aromatic nitrogens is 4. The molecule has 0 saturated carbocycles. The molecule has 0 aliphatic heterocycles. The summed E-state index contributed by atoms with van der Waals surface area (Å²) in [6, 6.07) is 25.2. The molecular weight excluding hydrogens is 404 g/mol. The van der Waals surface area contributed by atoms with E-state index in [0.29, 0.717) is 17.7 Å².